The monoisotopic (exact) mass is 1070 g/mol. The number of aliphatic carboxylic acids is 1. The molecule has 9 N–H and O–H groups in total. The molecule has 4 aliphatic rings. The van der Waals surface area contributed by atoms with Gasteiger partial charge >= 0.3 is 18.1 Å². The molecule has 2 aromatic heterocycles. The van der Waals surface area contributed by atoms with Crippen LogP contribution >= 0.6 is 0 Å². The Bertz CT molecular complexity index is 3130. The summed E-state index contributed by atoms with van der Waals surface area (Å²) in [7, 11) is 7.79. The van der Waals surface area contributed by atoms with Crippen molar-refractivity contribution in [2.75, 3.05) is 52.1 Å². The third-order valence-corrected chi connectivity index (χ3v) is 12.9. The van der Waals surface area contributed by atoms with Crippen LogP contribution in [0.5, 0.6) is 17.2 Å². The number of nitrogens with one attached hydrogen (secondary N) is 2. The second-order valence-electron chi connectivity index (χ2n) is 18.1. The molecule has 406 valence electrons. The van der Waals surface area contributed by atoms with E-state index in [1.165, 1.54) is 23.7 Å². The first-order chi connectivity index (χ1) is 36.6. The molecule has 0 saturated carbocycles. The van der Waals surface area contributed by atoms with Crippen LogP contribution < -0.4 is 30.4 Å². The lowest BCUT2D eigenvalue weighted by atomic mass is 9.72. The number of hydrogen-bond acceptors (Lipinski definition) is 23. The summed E-state index contributed by atoms with van der Waals surface area (Å²) in [6.45, 7) is -3.35. The Balaban J connectivity index is 1.04. The highest BCUT2D eigenvalue weighted by Gasteiger charge is 2.48. The topological polar surface area (TPSA) is 391 Å². The van der Waals surface area contributed by atoms with Crippen molar-refractivity contribution in [2.45, 2.75) is 75.5 Å². The van der Waals surface area contributed by atoms with Crippen LogP contribution in [0.4, 0.5) is 10.5 Å². The maximum Gasteiger partial charge on any atom is 0.509 e. The number of benzene rings is 2. The summed E-state index contributed by atoms with van der Waals surface area (Å²) >= 11 is 0. The standard InChI is InChI=1S/C48H49BN6O22/c1-22(59)40(42(65)66)76-44(43(67)68)75-32-4-3-23(9-30(32)51-35(60)15-53(2)36(61)7-8-54-37(62)5-6-38(54)63)16-72-46(70)77-48(49)28-11-31-39-26(14-55(31)41(64)27(28)17-71-45(48)69)25(13-50-47(18-56,19-57)20-58)24-10-33-34(74-21-73-33)12-29(24)52-39/h3-6,9-12,22,40,43-44,50,56-59,67-68H,7-8,13-21H2,1-2H3,(H,51,60)(H,65,66)/t22-,40?,44?,48-/m0/s1. The number of amides is 4. The average molecular weight is 1070 g/mol. The van der Waals surface area contributed by atoms with Gasteiger partial charge in [0.1, 0.15) is 19.0 Å². The van der Waals surface area contributed by atoms with Crippen molar-refractivity contribution in [3.05, 3.63) is 86.7 Å². The Morgan fingerprint density at radius 2 is 1.64 bits per heavy atom. The second-order valence-corrected chi connectivity index (χ2v) is 18.1. The smallest absolute Gasteiger partial charge is 0.479 e. The first-order valence-corrected chi connectivity index (χ1v) is 23.3. The van der Waals surface area contributed by atoms with Crippen molar-refractivity contribution in [3.8, 4) is 28.6 Å². The molecule has 2 radical (unpaired) electrons. The third kappa shape index (κ3) is 11.1. The van der Waals surface area contributed by atoms with Gasteiger partial charge in [0.25, 0.3) is 23.7 Å². The molecule has 4 amide bonds. The molecule has 2 unspecified atom stereocenters. The number of cyclic esters (lactones) is 1. The minimum Gasteiger partial charge on any atom is -0.479 e. The van der Waals surface area contributed by atoms with Gasteiger partial charge in [0.15, 0.2) is 30.9 Å². The summed E-state index contributed by atoms with van der Waals surface area (Å²) < 4.78 is 39.3. The molecule has 4 atom stereocenters. The van der Waals surface area contributed by atoms with E-state index in [1.807, 2.05) is 0 Å². The number of hydrogen-bond donors (Lipinski definition) is 9. The van der Waals surface area contributed by atoms with E-state index in [9.17, 15) is 74.1 Å². The van der Waals surface area contributed by atoms with Gasteiger partial charge in [0, 0.05) is 61.3 Å². The van der Waals surface area contributed by atoms with E-state index in [2.05, 4.69) is 10.6 Å². The molecule has 0 spiro atoms. The van der Waals surface area contributed by atoms with Crippen LogP contribution in [0.3, 0.4) is 0 Å². The number of carbonyl (C=O) groups excluding carboxylic acids is 6. The van der Waals surface area contributed by atoms with Crippen molar-refractivity contribution >= 4 is 66.2 Å². The quantitative estimate of drug-likeness (QED) is 0.0147. The van der Waals surface area contributed by atoms with Crippen LogP contribution in [-0.4, -0.2) is 182 Å². The fourth-order valence-electron chi connectivity index (χ4n) is 8.58. The summed E-state index contributed by atoms with van der Waals surface area (Å²) in [6, 6.07) is 8.09. The van der Waals surface area contributed by atoms with Gasteiger partial charge in [0.05, 0.1) is 72.7 Å². The fraction of sp³-hybridized carbons (Fsp3) is 0.396. The molecule has 0 saturated heterocycles. The summed E-state index contributed by atoms with van der Waals surface area (Å²) in [6.07, 6.45) is -8.35. The van der Waals surface area contributed by atoms with Crippen molar-refractivity contribution < 1.29 is 102 Å². The maximum absolute atomic E-state index is 14.3. The number of anilines is 1. The number of aliphatic hydroxyl groups is 6. The van der Waals surface area contributed by atoms with Crippen LogP contribution in [0, 0.1) is 0 Å². The van der Waals surface area contributed by atoms with Gasteiger partial charge in [-0.3, -0.25) is 28.9 Å². The van der Waals surface area contributed by atoms with Crippen molar-refractivity contribution in [3.63, 3.8) is 0 Å². The van der Waals surface area contributed by atoms with Gasteiger partial charge in [-0.25, -0.2) is 19.4 Å². The van der Waals surface area contributed by atoms with Crippen molar-refractivity contribution in [2.24, 2.45) is 0 Å². The van der Waals surface area contributed by atoms with Crippen LogP contribution in [-0.2, 0) is 79.5 Å². The van der Waals surface area contributed by atoms with E-state index in [-0.39, 0.29) is 66.6 Å². The van der Waals surface area contributed by atoms with Crippen LogP contribution in [0.25, 0.3) is 22.3 Å². The Morgan fingerprint density at radius 3 is 2.29 bits per heavy atom. The second kappa shape index (κ2) is 22.3. The van der Waals surface area contributed by atoms with Gasteiger partial charge in [-0.05, 0) is 42.3 Å². The summed E-state index contributed by atoms with van der Waals surface area (Å²) in [5.74, 6) is -5.47. The summed E-state index contributed by atoms with van der Waals surface area (Å²) in [4.78, 5) is 110. The normalized spacial score (nSPS) is 17.4. The van der Waals surface area contributed by atoms with Crippen LogP contribution in [0.15, 0.2) is 53.3 Å². The zero-order valence-corrected chi connectivity index (χ0v) is 40.8. The number of esters is 1. The number of likely N-dealkylation sites (N-methyl/N-ethyl adjacent to an activating group) is 1. The number of rotatable bonds is 22. The lowest BCUT2D eigenvalue weighted by Crippen LogP contribution is -2.54. The first-order valence-electron chi connectivity index (χ1n) is 23.3. The Hall–Kier alpha value is -8.03. The number of carbonyl (C=O) groups is 7. The van der Waals surface area contributed by atoms with Crippen molar-refractivity contribution in [1.29, 1.82) is 0 Å². The van der Waals surface area contributed by atoms with Crippen LogP contribution in [0.1, 0.15) is 41.2 Å². The predicted octanol–water partition coefficient (Wildman–Crippen LogP) is -2.73. The highest BCUT2D eigenvalue weighted by molar-refractivity contribution is 6.27. The molecule has 28 nitrogen and oxygen atoms in total. The van der Waals surface area contributed by atoms with E-state index in [1.54, 1.807) is 12.1 Å². The fourth-order valence-corrected chi connectivity index (χ4v) is 8.58. The van der Waals surface area contributed by atoms with Gasteiger partial charge in [-0.2, -0.15) is 0 Å². The zero-order valence-electron chi connectivity index (χ0n) is 40.8. The Labute approximate surface area is 435 Å². The van der Waals surface area contributed by atoms with E-state index < -0.39 is 128 Å². The number of carboxylic acids is 1. The number of aromatic nitrogens is 2. The largest absolute Gasteiger partial charge is 0.509 e. The number of carboxylic acid groups (broad SMARTS) is 1. The van der Waals surface area contributed by atoms with E-state index in [0.29, 0.717) is 33.5 Å². The average Bonchev–Trinajstić information content (AvgIpc) is 4.10. The molecule has 0 bridgehead atoms. The number of ether oxygens (including phenoxy) is 7. The molecule has 77 heavy (non-hydrogen) atoms. The van der Waals surface area contributed by atoms with Gasteiger partial charge in [0.2, 0.25) is 24.9 Å². The summed E-state index contributed by atoms with van der Waals surface area (Å²) in [5.41, 5.74) is -4.03. The third-order valence-electron chi connectivity index (χ3n) is 12.9. The lowest BCUT2D eigenvalue weighted by molar-refractivity contribution is -0.247. The molecular formula is C48H49BN6O22. The Kier molecular flexibility index (Phi) is 16.0. The SMILES string of the molecule is [B][C@@]1(OC(=O)OCc2ccc(OC(OC(C(=O)O)[C@H](C)O)C(O)O)c(NC(=O)CN(C)C(=O)CCN3C(=O)C=CC3=O)c2)C(=O)OCc2c1cc1n(c2=O)Cc2c-1nc1cc3c(cc1c2CNC(CO)(CO)CO)OCO3. The molecule has 4 aliphatic heterocycles. The Morgan fingerprint density at radius 1 is 0.948 bits per heavy atom. The number of imide groups is 1. The number of nitrogens with zero attached hydrogens (tertiary/aromatic N) is 4. The predicted molar refractivity (Wildman–Crippen MR) is 256 cm³/mol. The van der Waals surface area contributed by atoms with E-state index in [0.717, 1.165) is 41.0 Å². The minimum atomic E-state index is -2.81. The van der Waals surface area contributed by atoms with E-state index in [4.69, 9.17) is 46.0 Å². The maximum atomic E-state index is 14.3. The molecule has 0 fully saturated rings. The zero-order chi connectivity index (χ0) is 55.7. The highest BCUT2D eigenvalue weighted by Crippen LogP contribution is 2.43. The minimum absolute atomic E-state index is 0.0303. The molecule has 0 aliphatic carbocycles. The first kappa shape index (κ1) is 55.2. The molecule has 8 rings (SSSR count). The van der Waals surface area contributed by atoms with Gasteiger partial charge < -0.3 is 89.0 Å². The molecular weight excluding hydrogens is 1020 g/mol. The van der Waals surface area contributed by atoms with E-state index >= 15 is 0 Å². The molecule has 6 heterocycles. The van der Waals surface area contributed by atoms with Crippen LogP contribution in [0.2, 0.25) is 0 Å². The number of aliphatic hydroxyl groups excluding tert-OH is 5. The number of pyridine rings is 2. The van der Waals surface area contributed by atoms with Crippen molar-refractivity contribution in [1.82, 2.24) is 24.7 Å². The van der Waals surface area contributed by atoms with Gasteiger partial charge in [-0.15, -0.1) is 0 Å². The summed E-state index contributed by atoms with van der Waals surface area (Å²) in [5, 5.41) is 75.9. The highest BCUT2D eigenvalue weighted by atomic mass is 16.7. The molecule has 29 heteroatoms. The lowest BCUT2D eigenvalue weighted by Gasteiger charge is -2.33. The molecule has 2 aromatic carbocycles. The van der Waals surface area contributed by atoms with Gasteiger partial charge in [-0.1, -0.05) is 6.07 Å². The number of fused-ring (bicyclic) bond motifs is 6. The molecule has 4 aromatic rings.